The minimum atomic E-state index is -0.208. The van der Waals surface area contributed by atoms with Crippen LogP contribution in [0.1, 0.15) is 73.2 Å². The van der Waals surface area contributed by atoms with Crippen molar-refractivity contribution in [2.75, 3.05) is 38.9 Å². The first-order chi connectivity index (χ1) is 18.6. The summed E-state index contributed by atoms with van der Waals surface area (Å²) in [7, 11) is 1.43. The molecule has 38 heavy (non-hydrogen) atoms. The number of nitrogens with zero attached hydrogens (tertiary/aromatic N) is 2. The van der Waals surface area contributed by atoms with Crippen LogP contribution in [-0.4, -0.2) is 56.1 Å². The molecule has 0 spiro atoms. The molecule has 0 aromatic heterocycles. The molecule has 202 valence electrons. The quantitative estimate of drug-likeness (QED) is 0.471. The smallest absolute Gasteiger partial charge is 0.306 e. The Labute approximate surface area is 224 Å². The highest BCUT2D eigenvalue weighted by atomic mass is 16.7. The van der Waals surface area contributed by atoms with Crippen molar-refractivity contribution in [3.05, 3.63) is 53.6 Å². The van der Waals surface area contributed by atoms with Gasteiger partial charge >= 0.3 is 5.97 Å². The minimum absolute atomic E-state index is 0.0561. The van der Waals surface area contributed by atoms with Gasteiger partial charge in [-0.05, 0) is 86.3 Å². The Morgan fingerprint density at radius 1 is 1.11 bits per heavy atom. The van der Waals surface area contributed by atoms with Crippen molar-refractivity contribution in [3.63, 3.8) is 0 Å². The number of carbonyl (C=O) groups excluding carboxylic acids is 2. The van der Waals surface area contributed by atoms with Gasteiger partial charge < -0.3 is 24.4 Å². The second-order valence-electron chi connectivity index (χ2n) is 10.4. The van der Waals surface area contributed by atoms with Crippen LogP contribution >= 0.6 is 0 Å². The number of rotatable bonds is 8. The summed E-state index contributed by atoms with van der Waals surface area (Å²) in [5, 5.41) is 3.39. The maximum absolute atomic E-state index is 13.2. The fourth-order valence-corrected chi connectivity index (χ4v) is 5.58. The number of fused-ring (bicyclic) bond motifs is 1. The van der Waals surface area contributed by atoms with E-state index in [2.05, 4.69) is 10.3 Å². The van der Waals surface area contributed by atoms with Gasteiger partial charge in [0.05, 0.1) is 13.5 Å². The number of amides is 1. The van der Waals surface area contributed by atoms with Gasteiger partial charge in [0, 0.05) is 37.3 Å². The van der Waals surface area contributed by atoms with E-state index in [0.717, 1.165) is 93.2 Å². The number of carbonyl (C=O) groups is 2. The molecule has 0 saturated carbocycles. The number of piperidine rings is 1. The zero-order chi connectivity index (χ0) is 26.3. The molecule has 3 heterocycles. The molecule has 8 nitrogen and oxygen atoms in total. The van der Waals surface area contributed by atoms with Gasteiger partial charge in [0.2, 0.25) is 6.79 Å². The molecule has 1 fully saturated rings. The molecule has 1 atom stereocenters. The first kappa shape index (κ1) is 26.1. The van der Waals surface area contributed by atoms with Gasteiger partial charge in [-0.1, -0.05) is 12.1 Å². The van der Waals surface area contributed by atoms with E-state index in [9.17, 15) is 9.59 Å². The molecule has 3 aliphatic heterocycles. The topological polar surface area (TPSA) is 89.5 Å². The van der Waals surface area contributed by atoms with Crippen molar-refractivity contribution in [3.8, 4) is 11.5 Å². The fourth-order valence-electron chi connectivity index (χ4n) is 5.58. The summed E-state index contributed by atoms with van der Waals surface area (Å²) in [5.74, 6) is 2.93. The van der Waals surface area contributed by atoms with Gasteiger partial charge in [0.25, 0.3) is 5.91 Å². The van der Waals surface area contributed by atoms with E-state index >= 15 is 0 Å². The van der Waals surface area contributed by atoms with E-state index in [1.54, 1.807) is 0 Å². The lowest BCUT2D eigenvalue weighted by Crippen LogP contribution is -2.38. The summed E-state index contributed by atoms with van der Waals surface area (Å²) in [5.41, 5.74) is 2.71. The lowest BCUT2D eigenvalue weighted by atomic mass is 9.84. The third-order valence-corrected chi connectivity index (χ3v) is 7.86. The van der Waals surface area contributed by atoms with E-state index in [-0.39, 0.29) is 24.6 Å². The molecule has 0 aliphatic carbocycles. The van der Waals surface area contributed by atoms with Crippen molar-refractivity contribution in [1.82, 2.24) is 4.90 Å². The third-order valence-electron chi connectivity index (χ3n) is 7.86. The molecule has 0 radical (unpaired) electrons. The number of methoxy groups -OCH3 is 1. The molecule has 1 amide bonds. The number of aliphatic imine (C=N–C) groups is 1. The minimum Gasteiger partial charge on any atom is -0.469 e. The predicted octanol–water partition coefficient (Wildman–Crippen LogP) is 5.39. The van der Waals surface area contributed by atoms with Crippen LogP contribution in [0.4, 0.5) is 5.69 Å². The van der Waals surface area contributed by atoms with Crippen molar-refractivity contribution in [1.29, 1.82) is 0 Å². The Hall–Kier alpha value is -3.55. The second kappa shape index (κ2) is 12.3. The number of hydrogen-bond acceptors (Lipinski definition) is 7. The lowest BCUT2D eigenvalue weighted by Gasteiger charge is -2.33. The number of hydrogen-bond donors (Lipinski definition) is 1. The van der Waals surface area contributed by atoms with Crippen LogP contribution in [0.3, 0.4) is 0 Å². The number of esters is 1. The maximum Gasteiger partial charge on any atom is 0.306 e. The molecule has 3 aliphatic rings. The lowest BCUT2D eigenvalue weighted by molar-refractivity contribution is -0.141. The Morgan fingerprint density at radius 2 is 1.95 bits per heavy atom. The van der Waals surface area contributed by atoms with Crippen LogP contribution in [0.5, 0.6) is 11.5 Å². The molecule has 0 bridgehead atoms. The van der Waals surface area contributed by atoms with Crippen molar-refractivity contribution >= 4 is 23.4 Å². The summed E-state index contributed by atoms with van der Waals surface area (Å²) < 4.78 is 16.0. The first-order valence-electron chi connectivity index (χ1n) is 13.7. The normalized spacial score (nSPS) is 18.0. The van der Waals surface area contributed by atoms with E-state index in [0.29, 0.717) is 17.9 Å². The van der Waals surface area contributed by atoms with E-state index in [1.807, 2.05) is 47.4 Å². The van der Waals surface area contributed by atoms with Crippen LogP contribution in [0, 0.1) is 5.92 Å². The first-order valence-corrected chi connectivity index (χ1v) is 13.7. The highest BCUT2D eigenvalue weighted by Gasteiger charge is 2.26. The number of anilines is 1. The summed E-state index contributed by atoms with van der Waals surface area (Å²) >= 11 is 0. The molecule has 1 N–H and O–H groups in total. The van der Waals surface area contributed by atoms with Crippen molar-refractivity contribution < 1.29 is 23.8 Å². The Kier molecular flexibility index (Phi) is 8.46. The van der Waals surface area contributed by atoms with Gasteiger partial charge in [-0.15, -0.1) is 0 Å². The Morgan fingerprint density at radius 3 is 2.74 bits per heavy atom. The van der Waals surface area contributed by atoms with Gasteiger partial charge in [-0.3, -0.25) is 14.6 Å². The predicted molar refractivity (Wildman–Crippen MR) is 146 cm³/mol. The third kappa shape index (κ3) is 6.47. The van der Waals surface area contributed by atoms with Gasteiger partial charge in [-0.2, -0.15) is 0 Å². The van der Waals surface area contributed by atoms with E-state index < -0.39 is 0 Å². The van der Waals surface area contributed by atoms with Crippen molar-refractivity contribution in [2.24, 2.45) is 10.9 Å². The van der Waals surface area contributed by atoms with Crippen LogP contribution in [0.2, 0.25) is 0 Å². The summed E-state index contributed by atoms with van der Waals surface area (Å²) in [6.07, 6.45) is 7.40. The average Bonchev–Trinajstić information content (AvgIpc) is 3.44. The van der Waals surface area contributed by atoms with Crippen molar-refractivity contribution in [2.45, 2.75) is 57.3 Å². The summed E-state index contributed by atoms with van der Waals surface area (Å²) in [6.45, 7) is 2.60. The average molecular weight is 520 g/mol. The molecular weight excluding hydrogens is 482 g/mol. The standard InChI is InChI=1S/C30H37N3O5/c1-36-29(34)19-23(22-10-11-26-27(18-22)38-20-37-26)9-8-21-12-15-33(16-13-21)30(35)24-5-4-6-25(17-24)32-28-7-2-3-14-31-28/h4-6,10-11,17-18,21,23H,2-3,7-9,12-16,19-20H2,1H3,(H,31,32). The van der Waals surface area contributed by atoms with Crippen LogP contribution in [-0.2, 0) is 9.53 Å². The Bertz CT molecular complexity index is 1170. The zero-order valence-corrected chi connectivity index (χ0v) is 22.1. The van der Waals surface area contributed by atoms with Gasteiger partial charge in [0.1, 0.15) is 5.84 Å². The molecule has 2 aromatic carbocycles. The monoisotopic (exact) mass is 519 g/mol. The molecule has 8 heteroatoms. The van der Waals surface area contributed by atoms with Crippen LogP contribution in [0.25, 0.3) is 0 Å². The van der Waals surface area contributed by atoms with Gasteiger partial charge in [-0.25, -0.2) is 0 Å². The van der Waals surface area contributed by atoms with Crippen LogP contribution in [0.15, 0.2) is 47.5 Å². The maximum atomic E-state index is 13.2. The highest BCUT2D eigenvalue weighted by Crippen LogP contribution is 2.38. The highest BCUT2D eigenvalue weighted by molar-refractivity contribution is 5.99. The van der Waals surface area contributed by atoms with Gasteiger partial charge in [0.15, 0.2) is 11.5 Å². The number of likely N-dealkylation sites (tertiary alicyclic amines) is 1. The molecular formula is C30H37N3O5. The molecule has 1 unspecified atom stereocenters. The summed E-state index contributed by atoms with van der Waals surface area (Å²) in [4.78, 5) is 31.9. The largest absolute Gasteiger partial charge is 0.469 e. The number of ether oxygens (including phenoxy) is 3. The molecule has 2 aromatic rings. The Balaban J connectivity index is 1.14. The van der Waals surface area contributed by atoms with Crippen LogP contribution < -0.4 is 14.8 Å². The molecule has 1 saturated heterocycles. The van der Waals surface area contributed by atoms with E-state index in [4.69, 9.17) is 14.2 Å². The van der Waals surface area contributed by atoms with E-state index in [1.165, 1.54) is 7.11 Å². The number of nitrogens with one attached hydrogen (secondary N) is 1. The number of amidine groups is 1. The molecule has 5 rings (SSSR count). The summed E-state index contributed by atoms with van der Waals surface area (Å²) in [6, 6.07) is 13.7. The SMILES string of the molecule is COC(=O)CC(CCC1CCN(C(=O)c2cccc(NC3=NCCCC3)c2)CC1)c1ccc2c(c1)OCO2. The number of benzene rings is 2. The zero-order valence-electron chi connectivity index (χ0n) is 22.1. The fraction of sp³-hybridized carbons (Fsp3) is 0.500. The second-order valence-corrected chi connectivity index (χ2v) is 10.4.